The lowest BCUT2D eigenvalue weighted by molar-refractivity contribution is -0.0705. The fourth-order valence-electron chi connectivity index (χ4n) is 4.82. The third kappa shape index (κ3) is 4.18. The van der Waals surface area contributed by atoms with Crippen LogP contribution in [0.15, 0.2) is 23.1 Å². The van der Waals surface area contributed by atoms with Crippen molar-refractivity contribution >= 4 is 23.4 Å². The van der Waals surface area contributed by atoms with Crippen LogP contribution < -0.4 is 10.7 Å². The maximum Gasteiger partial charge on any atom is 0.275 e. The molecular weight excluding hydrogens is 484 g/mol. The van der Waals surface area contributed by atoms with E-state index in [2.05, 4.69) is 5.32 Å². The van der Waals surface area contributed by atoms with Gasteiger partial charge in [0.05, 0.1) is 18.2 Å². The molecule has 188 valence electrons. The zero-order valence-corrected chi connectivity index (χ0v) is 20.1. The Morgan fingerprint density at radius 1 is 1.34 bits per heavy atom. The zero-order valence-electron chi connectivity index (χ0n) is 19.4. The van der Waals surface area contributed by atoms with Crippen molar-refractivity contribution in [1.82, 2.24) is 14.8 Å². The van der Waals surface area contributed by atoms with Gasteiger partial charge in [-0.1, -0.05) is 31.0 Å². The van der Waals surface area contributed by atoms with Gasteiger partial charge < -0.3 is 24.6 Å². The first kappa shape index (κ1) is 25.1. The molecule has 1 aromatic heterocycles. The van der Waals surface area contributed by atoms with Gasteiger partial charge in [-0.3, -0.25) is 14.4 Å². The summed E-state index contributed by atoms with van der Waals surface area (Å²) in [5, 5.41) is 12.4. The lowest BCUT2D eigenvalue weighted by Crippen LogP contribution is -2.64. The number of nitrogens with one attached hydrogen (secondary N) is 1. The first-order valence-corrected chi connectivity index (χ1v) is 11.8. The summed E-state index contributed by atoms with van der Waals surface area (Å²) in [7, 11) is 0. The van der Waals surface area contributed by atoms with Gasteiger partial charge in [-0.05, 0) is 25.8 Å². The van der Waals surface area contributed by atoms with Crippen LogP contribution in [0, 0.1) is 11.6 Å². The lowest BCUT2D eigenvalue weighted by atomic mass is 9.83. The number of rotatable bonds is 6. The van der Waals surface area contributed by atoms with Gasteiger partial charge in [0.1, 0.15) is 22.2 Å². The lowest BCUT2D eigenvalue weighted by Gasteiger charge is -2.53. The molecule has 0 aliphatic carbocycles. The average molecular weight is 510 g/mol. The first-order chi connectivity index (χ1) is 16.6. The number of ether oxygens (including phenoxy) is 1. The summed E-state index contributed by atoms with van der Waals surface area (Å²) in [4.78, 5) is 40.8. The molecule has 0 radical (unpaired) electrons. The summed E-state index contributed by atoms with van der Waals surface area (Å²) in [5.74, 6) is -4.15. The number of halogens is 3. The van der Waals surface area contributed by atoms with E-state index in [-0.39, 0.29) is 30.5 Å². The molecule has 2 aromatic rings. The Labute approximate surface area is 205 Å². The molecule has 2 amide bonds. The van der Waals surface area contributed by atoms with Crippen molar-refractivity contribution in [3.8, 4) is 5.75 Å². The van der Waals surface area contributed by atoms with Crippen molar-refractivity contribution < 1.29 is 28.2 Å². The number of aromatic hydroxyl groups is 1. The van der Waals surface area contributed by atoms with Crippen molar-refractivity contribution in [1.29, 1.82) is 0 Å². The van der Waals surface area contributed by atoms with E-state index in [1.807, 2.05) is 13.8 Å². The molecule has 1 aromatic carbocycles. The maximum atomic E-state index is 14.2. The van der Waals surface area contributed by atoms with Gasteiger partial charge in [-0.2, -0.15) is 0 Å². The van der Waals surface area contributed by atoms with Crippen molar-refractivity contribution in [2.24, 2.45) is 0 Å². The van der Waals surface area contributed by atoms with Crippen LogP contribution in [0.4, 0.5) is 8.78 Å². The minimum absolute atomic E-state index is 0.0780. The summed E-state index contributed by atoms with van der Waals surface area (Å²) in [6.07, 6.45) is 3.36. The molecular formula is C24H26ClF2N3O5. The summed E-state index contributed by atoms with van der Waals surface area (Å²) >= 11 is 5.58. The molecule has 3 heterocycles. The minimum atomic E-state index is -1.02. The van der Waals surface area contributed by atoms with E-state index in [1.165, 1.54) is 10.8 Å². The van der Waals surface area contributed by atoms with Crippen molar-refractivity contribution in [3.05, 3.63) is 62.0 Å². The van der Waals surface area contributed by atoms with Crippen LogP contribution in [0.5, 0.6) is 5.75 Å². The number of pyridine rings is 1. The molecule has 8 nitrogen and oxygen atoms in total. The Morgan fingerprint density at radius 3 is 2.80 bits per heavy atom. The largest absolute Gasteiger partial charge is 0.503 e. The van der Waals surface area contributed by atoms with Crippen LogP contribution in [-0.2, 0) is 11.3 Å². The van der Waals surface area contributed by atoms with E-state index in [4.69, 9.17) is 16.3 Å². The second-order valence-electron chi connectivity index (χ2n) is 9.02. The Morgan fingerprint density at radius 2 is 2.09 bits per heavy atom. The standard InChI is InChI=1S/C24H26ClF2N3O5/c1-3-4-8-30-23(34)19-21(32)20(31)14(11-29(19)16-7-9-35-12-24(16,30)2)22(33)28-10-13-5-6-15(26)17(25)18(13)27/h5-6,11,16,32H,3-4,7-10,12H2,1-2H3,(H,28,33)/t16-,24+/m0/s1. The smallest absolute Gasteiger partial charge is 0.275 e. The second-order valence-corrected chi connectivity index (χ2v) is 9.40. The number of nitrogens with zero attached hydrogens (tertiary/aromatic N) is 2. The number of hydrogen-bond donors (Lipinski definition) is 2. The predicted molar refractivity (Wildman–Crippen MR) is 124 cm³/mol. The molecule has 4 rings (SSSR count). The molecule has 35 heavy (non-hydrogen) atoms. The molecule has 2 atom stereocenters. The topological polar surface area (TPSA) is 101 Å². The molecule has 2 aliphatic rings. The van der Waals surface area contributed by atoms with Crippen LogP contribution in [0.25, 0.3) is 0 Å². The Balaban J connectivity index is 1.71. The second kappa shape index (κ2) is 9.58. The highest BCUT2D eigenvalue weighted by Gasteiger charge is 2.51. The quantitative estimate of drug-likeness (QED) is 0.581. The number of hydrogen-bond acceptors (Lipinski definition) is 5. The van der Waals surface area contributed by atoms with Crippen molar-refractivity contribution in [2.45, 2.75) is 51.2 Å². The molecule has 2 aliphatic heterocycles. The van der Waals surface area contributed by atoms with Gasteiger partial charge in [0.2, 0.25) is 5.43 Å². The van der Waals surface area contributed by atoms with E-state index in [0.717, 1.165) is 25.0 Å². The molecule has 0 spiro atoms. The summed E-state index contributed by atoms with van der Waals surface area (Å²) in [6.45, 7) is 4.64. The highest BCUT2D eigenvalue weighted by atomic mass is 35.5. The number of fused-ring (bicyclic) bond motifs is 3. The van der Waals surface area contributed by atoms with Crippen LogP contribution in [0.2, 0.25) is 5.02 Å². The Kier molecular flexibility index (Phi) is 6.88. The summed E-state index contributed by atoms with van der Waals surface area (Å²) in [6, 6.07) is 1.76. The highest BCUT2D eigenvalue weighted by Crippen LogP contribution is 2.42. The fourth-order valence-corrected chi connectivity index (χ4v) is 5.01. The Hall–Kier alpha value is -2.98. The Bertz CT molecular complexity index is 1250. The van der Waals surface area contributed by atoms with Crippen LogP contribution in [0.1, 0.15) is 65.6 Å². The van der Waals surface area contributed by atoms with Gasteiger partial charge in [0.25, 0.3) is 11.8 Å². The molecule has 0 saturated carbocycles. The fraction of sp³-hybridized carbons (Fsp3) is 0.458. The van der Waals surface area contributed by atoms with Crippen molar-refractivity contribution in [3.63, 3.8) is 0 Å². The minimum Gasteiger partial charge on any atom is -0.503 e. The maximum absolute atomic E-state index is 14.2. The van der Waals surface area contributed by atoms with Crippen LogP contribution in [-0.4, -0.2) is 51.7 Å². The SMILES string of the molecule is CCCCN1C(=O)c2c(O)c(=O)c(C(=O)NCc3ccc(F)c(Cl)c3F)cn2[C@H]2CCOC[C@]21C. The van der Waals surface area contributed by atoms with Gasteiger partial charge in [-0.15, -0.1) is 0 Å². The van der Waals surface area contributed by atoms with Gasteiger partial charge in [0, 0.05) is 31.5 Å². The molecule has 0 bridgehead atoms. The van der Waals surface area contributed by atoms with E-state index in [0.29, 0.717) is 19.6 Å². The monoisotopic (exact) mass is 509 g/mol. The van der Waals surface area contributed by atoms with Crippen LogP contribution in [0.3, 0.4) is 0 Å². The molecule has 0 unspecified atom stereocenters. The third-order valence-electron chi connectivity index (χ3n) is 6.79. The highest BCUT2D eigenvalue weighted by molar-refractivity contribution is 6.30. The summed E-state index contributed by atoms with van der Waals surface area (Å²) in [5.41, 5.74) is -2.38. The zero-order chi connectivity index (χ0) is 25.5. The predicted octanol–water partition coefficient (Wildman–Crippen LogP) is 3.39. The normalized spacial score (nSPS) is 21.5. The van der Waals surface area contributed by atoms with Crippen LogP contribution >= 0.6 is 11.6 Å². The summed E-state index contributed by atoms with van der Waals surface area (Å²) < 4.78 is 34.8. The molecule has 2 N–H and O–H groups in total. The van der Waals surface area contributed by atoms with E-state index < -0.39 is 50.8 Å². The number of carbonyl (C=O) groups excluding carboxylic acids is 2. The van der Waals surface area contributed by atoms with Gasteiger partial charge >= 0.3 is 0 Å². The number of carbonyl (C=O) groups is 2. The molecule has 1 saturated heterocycles. The van der Waals surface area contributed by atoms with Gasteiger partial charge in [0.15, 0.2) is 11.4 Å². The average Bonchev–Trinajstić information content (AvgIpc) is 2.83. The van der Waals surface area contributed by atoms with E-state index in [1.54, 1.807) is 4.90 Å². The van der Waals surface area contributed by atoms with Gasteiger partial charge in [-0.25, -0.2) is 8.78 Å². The van der Waals surface area contributed by atoms with E-state index in [9.17, 15) is 28.3 Å². The number of unbranched alkanes of at least 4 members (excludes halogenated alkanes) is 1. The van der Waals surface area contributed by atoms with E-state index >= 15 is 0 Å². The van der Waals surface area contributed by atoms with Crippen molar-refractivity contribution in [2.75, 3.05) is 19.8 Å². The molecule has 1 fully saturated rings. The number of benzene rings is 1. The third-order valence-corrected chi connectivity index (χ3v) is 7.14. The number of aromatic nitrogens is 1. The molecule has 11 heteroatoms. The first-order valence-electron chi connectivity index (χ1n) is 11.4. The number of amides is 2.